The highest BCUT2D eigenvalue weighted by atomic mass is 36.0. The molecule has 2 fully saturated rings. The van der Waals surface area contributed by atoms with E-state index in [4.69, 9.17) is 21.1 Å². The summed E-state index contributed by atoms with van der Waals surface area (Å²) in [5.74, 6) is 0.776. The number of rotatable bonds is 4. The van der Waals surface area contributed by atoms with Crippen LogP contribution < -0.4 is 15.4 Å². The number of nitrogens with zero attached hydrogens (tertiary/aromatic N) is 7. The maximum absolute atomic E-state index is 11.7. The molecule has 2 aliphatic rings. The van der Waals surface area contributed by atoms with Crippen molar-refractivity contribution in [2.45, 2.75) is 39.8 Å². The zero-order chi connectivity index (χ0) is 31.1. The lowest BCUT2D eigenvalue weighted by Crippen LogP contribution is -2.45. The molecule has 0 saturated carbocycles. The largest absolute Gasteiger partial charge is 0.377 e. The molecule has 2 aromatic rings. The minimum absolute atomic E-state index is 0.0720. The Balaban J connectivity index is 0.000000247. The number of ether oxygens (including phenoxy) is 2. The molecule has 2 atom stereocenters. The predicted molar refractivity (Wildman–Crippen MR) is 155 cm³/mol. The Hall–Kier alpha value is -2.33. The number of hydrogen-bond acceptors (Lipinski definition) is 13. The van der Waals surface area contributed by atoms with E-state index in [1.165, 1.54) is 6.92 Å². The molecular weight excluding hydrogens is 653 g/mol. The first-order chi connectivity index (χ1) is 19.0. The summed E-state index contributed by atoms with van der Waals surface area (Å²) in [5, 5.41) is 18.2. The Labute approximate surface area is 253 Å². The molecule has 0 aliphatic carbocycles. The van der Waals surface area contributed by atoms with Gasteiger partial charge >= 0.3 is 22.1 Å². The van der Waals surface area contributed by atoms with E-state index in [-0.39, 0.29) is 34.3 Å². The van der Waals surface area contributed by atoms with Crippen LogP contribution in [0.5, 0.6) is 0 Å². The summed E-state index contributed by atoms with van der Waals surface area (Å²) in [6.07, 6.45) is 0. The molecule has 4 heterocycles. The van der Waals surface area contributed by atoms with Crippen molar-refractivity contribution in [3.8, 4) is 0 Å². The lowest BCUT2D eigenvalue weighted by Gasteiger charge is -2.33. The first kappa shape index (κ1) is 34.9. The number of H-pyrrole nitrogens is 1. The summed E-state index contributed by atoms with van der Waals surface area (Å²) in [5.41, 5.74) is -1.06. The van der Waals surface area contributed by atoms with Crippen molar-refractivity contribution in [3.05, 3.63) is 47.1 Å². The average Bonchev–Trinajstić information content (AvgIpc) is 2.82. The number of anilines is 2. The van der Waals surface area contributed by atoms with Gasteiger partial charge in [-0.3, -0.25) is 34.6 Å². The van der Waals surface area contributed by atoms with E-state index in [1.807, 2.05) is 23.6 Å². The number of hydrogen-bond donors (Lipinski definition) is 1. The van der Waals surface area contributed by atoms with Gasteiger partial charge in [-0.05, 0) is 61.4 Å². The third-order valence-corrected chi connectivity index (χ3v) is 5.95. The van der Waals surface area contributed by atoms with E-state index < -0.39 is 26.3 Å². The smallest absolute Gasteiger partial charge is 0.354 e. The maximum Gasteiger partial charge on any atom is 0.354 e. The van der Waals surface area contributed by atoms with E-state index in [0.717, 1.165) is 0 Å². The van der Waals surface area contributed by atoms with Gasteiger partial charge in [0.2, 0.25) is 17.0 Å². The van der Waals surface area contributed by atoms with Crippen LogP contribution in [0.4, 0.5) is 23.3 Å². The minimum atomic E-state index is -3.22. The Kier molecular flexibility index (Phi) is 13.0. The van der Waals surface area contributed by atoms with Crippen molar-refractivity contribution in [3.63, 3.8) is 0 Å². The molecule has 4 rings (SSSR count). The first-order valence-corrected chi connectivity index (χ1v) is 16.6. The molecule has 1 N–H and O–H groups in total. The highest BCUT2D eigenvalue weighted by molar-refractivity contribution is 8.24. The lowest BCUT2D eigenvalue weighted by atomic mass is 10.2. The van der Waals surface area contributed by atoms with Crippen molar-refractivity contribution in [2.75, 3.05) is 49.3 Å². The average molecular weight is 680 g/mol. The fraction of sp³-hybridized carbons (Fsp3) is 0.600. The van der Waals surface area contributed by atoms with Crippen LogP contribution in [0.25, 0.3) is 0 Å². The number of halogens is 4. The van der Waals surface area contributed by atoms with Gasteiger partial charge in [0.25, 0.3) is 0 Å². The third kappa shape index (κ3) is 10.5. The molecule has 2 aromatic heterocycles. The second-order valence-corrected chi connectivity index (χ2v) is 15.7. The SMILES string of the molecule is Cc1nc(N2CCOC[C@@H]2C)[nH]c(=O)c1[N+](=O)[O-].Cc1nc(N2CCOC[C@@H]2C)nc(Cl)c1[N+](=O)[O-].O=P(Cl)(Cl)Cl. The van der Waals surface area contributed by atoms with Gasteiger partial charge in [0.1, 0.15) is 11.4 Å². The Morgan fingerprint density at radius 3 is 1.78 bits per heavy atom. The van der Waals surface area contributed by atoms with Crippen molar-refractivity contribution in [1.82, 2.24) is 19.9 Å². The molecule has 228 valence electrons. The highest BCUT2D eigenvalue weighted by Crippen LogP contribution is 2.61. The fourth-order valence-corrected chi connectivity index (χ4v) is 4.12. The molecule has 0 aromatic carbocycles. The van der Waals surface area contributed by atoms with Gasteiger partial charge in [-0.15, -0.1) is 0 Å². The van der Waals surface area contributed by atoms with E-state index in [0.29, 0.717) is 51.4 Å². The second-order valence-electron chi connectivity index (χ2n) is 8.72. The summed E-state index contributed by atoms with van der Waals surface area (Å²) in [6.45, 7) is 10.4. The number of morpholine rings is 2. The van der Waals surface area contributed by atoms with Gasteiger partial charge in [0.05, 0.1) is 48.4 Å². The molecule has 21 heteroatoms. The number of aryl methyl sites for hydroxylation is 2. The number of aromatic nitrogens is 4. The zero-order valence-corrected chi connectivity index (χ0v) is 26.2. The van der Waals surface area contributed by atoms with Crippen LogP contribution in [-0.2, 0) is 14.0 Å². The molecule has 2 saturated heterocycles. The summed E-state index contributed by atoms with van der Waals surface area (Å²) in [7, 11) is 0. The topological polar surface area (TPSA) is 200 Å². The van der Waals surface area contributed by atoms with Gasteiger partial charge in [-0.1, -0.05) is 11.6 Å². The second kappa shape index (κ2) is 15.2. The maximum atomic E-state index is 11.7. The monoisotopic (exact) mass is 678 g/mol. The van der Waals surface area contributed by atoms with Crippen LogP contribution in [0.2, 0.25) is 5.15 Å². The Morgan fingerprint density at radius 2 is 1.37 bits per heavy atom. The van der Waals surface area contributed by atoms with Crippen molar-refractivity contribution >= 4 is 73.8 Å². The van der Waals surface area contributed by atoms with E-state index in [2.05, 4.69) is 53.7 Å². The van der Waals surface area contributed by atoms with Crippen molar-refractivity contribution in [1.29, 1.82) is 0 Å². The van der Waals surface area contributed by atoms with E-state index >= 15 is 0 Å². The minimum Gasteiger partial charge on any atom is -0.377 e. The lowest BCUT2D eigenvalue weighted by molar-refractivity contribution is -0.387. The van der Waals surface area contributed by atoms with Crippen LogP contribution in [0, 0.1) is 34.1 Å². The normalized spacial score (nSPS) is 18.9. The van der Waals surface area contributed by atoms with Crippen LogP contribution in [0.1, 0.15) is 25.2 Å². The quantitative estimate of drug-likeness (QED) is 0.204. The first-order valence-electron chi connectivity index (χ1n) is 11.8. The predicted octanol–water partition coefficient (Wildman–Crippen LogP) is 4.59. The van der Waals surface area contributed by atoms with E-state index in [1.54, 1.807) is 6.92 Å². The van der Waals surface area contributed by atoms with Gasteiger partial charge in [0, 0.05) is 13.1 Å². The third-order valence-electron chi connectivity index (χ3n) is 5.69. The number of nitro groups is 2. The van der Waals surface area contributed by atoms with Gasteiger partial charge in [-0.25, -0.2) is 9.97 Å². The molecule has 41 heavy (non-hydrogen) atoms. The van der Waals surface area contributed by atoms with Crippen LogP contribution in [-0.4, -0.2) is 81.4 Å². The Morgan fingerprint density at radius 1 is 0.902 bits per heavy atom. The van der Waals surface area contributed by atoms with Crippen LogP contribution in [0.3, 0.4) is 0 Å². The highest BCUT2D eigenvalue weighted by Gasteiger charge is 2.27. The molecule has 0 amide bonds. The fourth-order valence-electron chi connectivity index (χ4n) is 3.84. The molecule has 0 bridgehead atoms. The summed E-state index contributed by atoms with van der Waals surface area (Å²) in [6, 6.07) is 0.193. The van der Waals surface area contributed by atoms with Crippen LogP contribution in [0.15, 0.2) is 4.79 Å². The molecular formula is C20H27Cl4N8O8P. The molecule has 16 nitrogen and oxygen atoms in total. The van der Waals surface area contributed by atoms with Gasteiger partial charge < -0.3 is 19.3 Å². The summed E-state index contributed by atoms with van der Waals surface area (Å²) in [4.78, 5) is 50.4. The van der Waals surface area contributed by atoms with Gasteiger partial charge in [-0.2, -0.15) is 4.98 Å². The van der Waals surface area contributed by atoms with E-state index in [9.17, 15) is 29.6 Å². The summed E-state index contributed by atoms with van der Waals surface area (Å²) >= 11 is 19.7. The van der Waals surface area contributed by atoms with Crippen molar-refractivity contribution in [2.24, 2.45) is 0 Å². The van der Waals surface area contributed by atoms with Crippen LogP contribution >= 0.6 is 50.5 Å². The van der Waals surface area contributed by atoms with Gasteiger partial charge in [0.15, 0.2) is 0 Å². The Bertz CT molecular complexity index is 1330. The molecule has 2 aliphatic heterocycles. The molecule has 0 radical (unpaired) electrons. The molecule has 0 spiro atoms. The van der Waals surface area contributed by atoms with Crippen molar-refractivity contribution < 1.29 is 23.9 Å². The number of nitrogens with one attached hydrogen (secondary N) is 1. The zero-order valence-electron chi connectivity index (χ0n) is 22.3. The molecule has 0 unspecified atom stereocenters. The summed E-state index contributed by atoms with van der Waals surface area (Å²) < 4.78 is 20.1. The standard InChI is InChI=1S/C10H13ClN4O3.C10H14N4O4.Cl3OP/c1-6-5-18-4-3-14(6)10-12-7(2)8(15(16)17)9(11)13-10;1-6-5-18-4-3-13(6)10-11-7(2)8(14(16)17)9(15)12-10;1-5(2,3)4/h6H,3-5H2,1-2H3;6H,3-5H2,1-2H3,(H,11,12,15);/t2*6-;/m00./s1. The number of aromatic amines is 1.